The lowest BCUT2D eigenvalue weighted by Crippen LogP contribution is -2.34. The van der Waals surface area contributed by atoms with Crippen LogP contribution in [0.25, 0.3) is 0 Å². The minimum absolute atomic E-state index is 0.174. The highest BCUT2D eigenvalue weighted by Gasteiger charge is 2.22. The number of halogens is 2. The Labute approximate surface area is 182 Å². The molecule has 0 radical (unpaired) electrons. The van der Waals surface area contributed by atoms with Crippen molar-refractivity contribution in [2.24, 2.45) is 7.05 Å². The van der Waals surface area contributed by atoms with Crippen molar-refractivity contribution in [1.29, 1.82) is 0 Å². The van der Waals surface area contributed by atoms with E-state index in [1.165, 1.54) is 0 Å². The minimum Gasteiger partial charge on any atom is -0.497 e. The number of hydrogen-bond acceptors (Lipinski definition) is 4. The molecule has 152 valence electrons. The zero-order valence-corrected chi connectivity index (χ0v) is 18.6. The number of rotatable bonds is 7. The molecule has 29 heavy (non-hydrogen) atoms. The van der Waals surface area contributed by atoms with Crippen molar-refractivity contribution in [3.05, 3.63) is 75.2 Å². The smallest absolute Gasteiger partial charge is 0.258 e. The predicted molar refractivity (Wildman–Crippen MR) is 116 cm³/mol. The third-order valence-corrected chi connectivity index (χ3v) is 5.13. The Morgan fingerprint density at radius 1 is 1.34 bits per heavy atom. The molecule has 0 aliphatic carbocycles. The van der Waals surface area contributed by atoms with Crippen LogP contribution in [0.4, 0.5) is 0 Å². The predicted octanol–water partition coefficient (Wildman–Crippen LogP) is 4.44. The molecule has 6 nitrogen and oxygen atoms in total. The number of nitrogens with zero attached hydrogens (tertiary/aromatic N) is 2. The standard InChI is InChI=1S/C21H21BrClN3O3/c1-13-9-15(22)11-17(23)20(13)29-12-18(27)25-19(21-24-7-8-26(21)2)14-5-4-6-16(10-14)28-3/h4-11,19H,12H2,1-3H3,(H,25,27)/t19-/m0/s1. The Morgan fingerprint density at radius 2 is 2.14 bits per heavy atom. The highest BCUT2D eigenvalue weighted by molar-refractivity contribution is 9.10. The summed E-state index contributed by atoms with van der Waals surface area (Å²) in [4.78, 5) is 17.1. The number of imidazole rings is 1. The van der Waals surface area contributed by atoms with Gasteiger partial charge in [-0.15, -0.1) is 0 Å². The fourth-order valence-corrected chi connectivity index (χ4v) is 4.01. The molecule has 0 bridgehead atoms. The van der Waals surface area contributed by atoms with Crippen molar-refractivity contribution in [2.45, 2.75) is 13.0 Å². The van der Waals surface area contributed by atoms with Crippen LogP contribution in [-0.4, -0.2) is 29.2 Å². The molecule has 1 amide bonds. The molecule has 2 aromatic carbocycles. The number of carbonyl (C=O) groups is 1. The third-order valence-electron chi connectivity index (χ3n) is 4.39. The quantitative estimate of drug-likeness (QED) is 0.545. The van der Waals surface area contributed by atoms with Crippen molar-refractivity contribution in [3.8, 4) is 11.5 Å². The molecule has 8 heteroatoms. The molecule has 0 fully saturated rings. The number of hydrogen-bond donors (Lipinski definition) is 1. The second kappa shape index (κ2) is 9.33. The van der Waals surface area contributed by atoms with E-state index in [1.807, 2.05) is 55.1 Å². The van der Waals surface area contributed by atoms with E-state index in [4.69, 9.17) is 21.1 Å². The monoisotopic (exact) mass is 477 g/mol. The van der Waals surface area contributed by atoms with Crippen LogP contribution in [0, 0.1) is 6.92 Å². The van der Waals surface area contributed by atoms with Crippen molar-refractivity contribution < 1.29 is 14.3 Å². The van der Waals surface area contributed by atoms with Gasteiger partial charge in [-0.1, -0.05) is 39.7 Å². The molecule has 3 rings (SSSR count). The first-order chi connectivity index (χ1) is 13.9. The number of nitrogens with one attached hydrogen (secondary N) is 1. The highest BCUT2D eigenvalue weighted by atomic mass is 79.9. The van der Waals surface area contributed by atoms with Gasteiger partial charge in [0.2, 0.25) is 0 Å². The molecule has 0 unspecified atom stereocenters. The third kappa shape index (κ3) is 5.10. The van der Waals surface area contributed by atoms with E-state index < -0.39 is 6.04 Å². The summed E-state index contributed by atoms with van der Waals surface area (Å²) in [5.41, 5.74) is 1.69. The summed E-state index contributed by atoms with van der Waals surface area (Å²) < 4.78 is 13.7. The molecule has 1 N–H and O–H groups in total. The van der Waals surface area contributed by atoms with Crippen LogP contribution in [0.1, 0.15) is 23.0 Å². The van der Waals surface area contributed by atoms with Gasteiger partial charge in [0, 0.05) is 23.9 Å². The Hall–Kier alpha value is -2.51. The van der Waals surface area contributed by atoms with Crippen LogP contribution in [0.2, 0.25) is 5.02 Å². The fourth-order valence-electron chi connectivity index (χ4n) is 2.99. The van der Waals surface area contributed by atoms with Gasteiger partial charge >= 0.3 is 0 Å². The normalized spacial score (nSPS) is 11.8. The molecule has 1 atom stereocenters. The minimum atomic E-state index is -0.456. The molecule has 0 saturated heterocycles. The second-order valence-electron chi connectivity index (χ2n) is 6.50. The van der Waals surface area contributed by atoms with Crippen LogP contribution in [0.5, 0.6) is 11.5 Å². The maximum absolute atomic E-state index is 12.7. The van der Waals surface area contributed by atoms with Crippen molar-refractivity contribution in [3.63, 3.8) is 0 Å². The van der Waals surface area contributed by atoms with E-state index in [1.54, 1.807) is 19.4 Å². The van der Waals surface area contributed by atoms with Gasteiger partial charge < -0.3 is 19.4 Å². The van der Waals surface area contributed by atoms with Gasteiger partial charge in [-0.3, -0.25) is 4.79 Å². The summed E-state index contributed by atoms with van der Waals surface area (Å²) in [6.07, 6.45) is 3.52. The lowest BCUT2D eigenvalue weighted by Gasteiger charge is -2.20. The largest absolute Gasteiger partial charge is 0.497 e. The lowest BCUT2D eigenvalue weighted by atomic mass is 10.1. The molecule has 0 aliphatic heterocycles. The van der Waals surface area contributed by atoms with Gasteiger partial charge in [0.15, 0.2) is 6.61 Å². The molecule has 0 saturated carbocycles. The number of amides is 1. The molecule has 0 aliphatic rings. The Morgan fingerprint density at radius 3 is 2.79 bits per heavy atom. The Balaban J connectivity index is 1.79. The average Bonchev–Trinajstić information content (AvgIpc) is 3.11. The van der Waals surface area contributed by atoms with Gasteiger partial charge in [0.25, 0.3) is 5.91 Å². The van der Waals surface area contributed by atoms with E-state index in [0.29, 0.717) is 22.3 Å². The van der Waals surface area contributed by atoms with Crippen molar-refractivity contribution >= 4 is 33.4 Å². The summed E-state index contributed by atoms with van der Waals surface area (Å²) in [5, 5.41) is 3.44. The number of aryl methyl sites for hydroxylation is 2. The topological polar surface area (TPSA) is 65.4 Å². The first-order valence-corrected chi connectivity index (χ1v) is 10.0. The summed E-state index contributed by atoms with van der Waals surface area (Å²) in [6, 6.07) is 10.7. The highest BCUT2D eigenvalue weighted by Crippen LogP contribution is 2.32. The van der Waals surface area contributed by atoms with Gasteiger partial charge in [0.1, 0.15) is 23.4 Å². The Bertz CT molecular complexity index is 999. The van der Waals surface area contributed by atoms with Gasteiger partial charge in [-0.05, 0) is 42.3 Å². The molecule has 1 heterocycles. The van der Waals surface area contributed by atoms with Gasteiger partial charge in [-0.2, -0.15) is 0 Å². The Kier molecular flexibility index (Phi) is 6.82. The van der Waals surface area contributed by atoms with Crippen LogP contribution in [0.3, 0.4) is 0 Å². The summed E-state index contributed by atoms with van der Waals surface area (Å²) >= 11 is 9.63. The van der Waals surface area contributed by atoms with Crippen LogP contribution in [-0.2, 0) is 11.8 Å². The molecular formula is C21H21BrClN3O3. The summed E-state index contributed by atoms with van der Waals surface area (Å²) in [7, 11) is 3.48. The van der Waals surface area contributed by atoms with Crippen LogP contribution < -0.4 is 14.8 Å². The zero-order valence-electron chi connectivity index (χ0n) is 16.3. The van der Waals surface area contributed by atoms with Crippen molar-refractivity contribution in [2.75, 3.05) is 13.7 Å². The molecule has 0 spiro atoms. The van der Waals surface area contributed by atoms with E-state index in [-0.39, 0.29) is 12.5 Å². The van der Waals surface area contributed by atoms with E-state index >= 15 is 0 Å². The number of carbonyl (C=O) groups excluding carboxylic acids is 1. The van der Waals surface area contributed by atoms with E-state index in [0.717, 1.165) is 15.6 Å². The second-order valence-corrected chi connectivity index (χ2v) is 7.82. The van der Waals surface area contributed by atoms with Crippen LogP contribution >= 0.6 is 27.5 Å². The number of methoxy groups -OCH3 is 1. The molecule has 3 aromatic rings. The maximum Gasteiger partial charge on any atom is 0.258 e. The SMILES string of the molecule is COc1cccc([C@H](NC(=O)COc2c(C)cc(Br)cc2Cl)c2nccn2C)c1. The first-order valence-electron chi connectivity index (χ1n) is 8.88. The van der Waals surface area contributed by atoms with E-state index in [2.05, 4.69) is 26.2 Å². The summed E-state index contributed by atoms with van der Waals surface area (Å²) in [5.74, 6) is 1.59. The summed E-state index contributed by atoms with van der Waals surface area (Å²) in [6.45, 7) is 1.70. The van der Waals surface area contributed by atoms with Gasteiger partial charge in [-0.25, -0.2) is 4.98 Å². The number of benzene rings is 2. The average molecular weight is 479 g/mol. The first kappa shape index (κ1) is 21.2. The zero-order chi connectivity index (χ0) is 21.0. The van der Waals surface area contributed by atoms with Crippen molar-refractivity contribution in [1.82, 2.24) is 14.9 Å². The van der Waals surface area contributed by atoms with E-state index in [9.17, 15) is 4.79 Å². The molecule has 1 aromatic heterocycles. The lowest BCUT2D eigenvalue weighted by molar-refractivity contribution is -0.123. The van der Waals surface area contributed by atoms with Gasteiger partial charge in [0.05, 0.1) is 12.1 Å². The fraction of sp³-hybridized carbons (Fsp3) is 0.238. The van der Waals surface area contributed by atoms with Crippen LogP contribution in [0.15, 0.2) is 53.3 Å². The number of ether oxygens (including phenoxy) is 2. The maximum atomic E-state index is 12.7. The molecular weight excluding hydrogens is 458 g/mol. The number of aromatic nitrogens is 2.